The van der Waals surface area contributed by atoms with Gasteiger partial charge in [-0.25, -0.2) is 13.1 Å². The van der Waals surface area contributed by atoms with E-state index in [0.29, 0.717) is 5.92 Å². The number of nitrogens with zero attached hydrogens (tertiary/aromatic N) is 2. The van der Waals surface area contributed by atoms with Gasteiger partial charge in [0, 0.05) is 11.7 Å². The molecule has 1 aromatic heterocycles. The summed E-state index contributed by atoms with van der Waals surface area (Å²) in [5.74, 6) is -0.572. The second-order valence-electron chi connectivity index (χ2n) is 5.68. The van der Waals surface area contributed by atoms with Crippen LogP contribution in [0.1, 0.15) is 33.1 Å². The molecule has 1 aliphatic carbocycles. The van der Waals surface area contributed by atoms with Crippen LogP contribution >= 0.6 is 0 Å². The third-order valence-electron chi connectivity index (χ3n) is 3.47. The highest BCUT2D eigenvalue weighted by molar-refractivity contribution is 7.89. The van der Waals surface area contributed by atoms with Crippen molar-refractivity contribution < 1.29 is 18.3 Å². The highest BCUT2D eigenvalue weighted by Gasteiger charge is 2.40. The molecule has 0 spiro atoms. The lowest BCUT2D eigenvalue weighted by Crippen LogP contribution is -2.44. The Balaban J connectivity index is 2.07. The maximum absolute atomic E-state index is 12.3. The van der Waals surface area contributed by atoms with Crippen molar-refractivity contribution in [2.24, 2.45) is 5.92 Å². The van der Waals surface area contributed by atoms with Gasteiger partial charge in [-0.1, -0.05) is 0 Å². The standard InChI is InChI=1S/C12H19N3O4S/c1-12(2,9-3-4-9)14-20(18,19)10-7-13-15(8-10)6-5-11(16)17/h7-9,14H,3-6H2,1-2H3,(H,16,17). The van der Waals surface area contributed by atoms with Crippen molar-refractivity contribution in [2.45, 2.75) is 50.1 Å². The van der Waals surface area contributed by atoms with Gasteiger partial charge in [0.15, 0.2) is 0 Å². The minimum Gasteiger partial charge on any atom is -0.481 e. The van der Waals surface area contributed by atoms with Crippen LogP contribution in [0.5, 0.6) is 0 Å². The lowest BCUT2D eigenvalue weighted by atomic mass is 10.0. The van der Waals surface area contributed by atoms with Crippen LogP contribution in [-0.4, -0.2) is 34.8 Å². The van der Waals surface area contributed by atoms with E-state index in [-0.39, 0.29) is 17.9 Å². The predicted molar refractivity (Wildman–Crippen MR) is 71.6 cm³/mol. The molecule has 2 rings (SSSR count). The van der Waals surface area contributed by atoms with Gasteiger partial charge in [-0.2, -0.15) is 5.10 Å². The Kier molecular flexibility index (Phi) is 3.88. The summed E-state index contributed by atoms with van der Waals surface area (Å²) in [6, 6.07) is 0. The number of rotatable bonds is 7. The fourth-order valence-electron chi connectivity index (χ4n) is 2.11. The number of aryl methyl sites for hydroxylation is 1. The molecule has 1 aliphatic rings. The molecule has 0 radical (unpaired) electrons. The van der Waals surface area contributed by atoms with E-state index in [1.165, 1.54) is 17.1 Å². The second kappa shape index (κ2) is 5.17. The molecule has 0 aromatic carbocycles. The van der Waals surface area contributed by atoms with Crippen LogP contribution in [-0.2, 0) is 21.4 Å². The van der Waals surface area contributed by atoms with E-state index in [0.717, 1.165) is 12.8 Å². The maximum Gasteiger partial charge on any atom is 0.305 e. The van der Waals surface area contributed by atoms with Crippen molar-refractivity contribution in [1.82, 2.24) is 14.5 Å². The average Bonchev–Trinajstić information content (AvgIpc) is 3.05. The number of aliphatic carboxylic acids is 1. The van der Waals surface area contributed by atoms with Crippen LogP contribution in [0.3, 0.4) is 0 Å². The van der Waals surface area contributed by atoms with Crippen molar-refractivity contribution in [3.63, 3.8) is 0 Å². The van der Waals surface area contributed by atoms with E-state index in [9.17, 15) is 13.2 Å². The Morgan fingerprint density at radius 2 is 2.20 bits per heavy atom. The second-order valence-corrected chi connectivity index (χ2v) is 7.37. The van der Waals surface area contributed by atoms with Crippen molar-refractivity contribution in [1.29, 1.82) is 0 Å². The molecule has 7 nitrogen and oxygen atoms in total. The fourth-order valence-corrected chi connectivity index (χ4v) is 3.53. The summed E-state index contributed by atoms with van der Waals surface area (Å²) >= 11 is 0. The molecule has 0 unspecified atom stereocenters. The summed E-state index contributed by atoms with van der Waals surface area (Å²) in [7, 11) is -3.62. The summed E-state index contributed by atoms with van der Waals surface area (Å²) in [5, 5.41) is 12.5. The molecule has 1 heterocycles. The minimum atomic E-state index is -3.62. The van der Waals surface area contributed by atoms with Crippen LogP contribution in [0.25, 0.3) is 0 Å². The van der Waals surface area contributed by atoms with Gasteiger partial charge in [-0.15, -0.1) is 0 Å². The molecular weight excluding hydrogens is 282 g/mol. The predicted octanol–water partition coefficient (Wildman–Crippen LogP) is 0.825. The first kappa shape index (κ1) is 15.0. The monoisotopic (exact) mass is 301 g/mol. The molecule has 0 amide bonds. The zero-order chi connectivity index (χ0) is 15.0. The van der Waals surface area contributed by atoms with Gasteiger partial charge in [-0.3, -0.25) is 9.48 Å². The Morgan fingerprint density at radius 3 is 2.75 bits per heavy atom. The number of hydrogen-bond donors (Lipinski definition) is 2. The van der Waals surface area contributed by atoms with Crippen molar-refractivity contribution in [2.75, 3.05) is 0 Å². The van der Waals surface area contributed by atoms with E-state index >= 15 is 0 Å². The zero-order valence-corrected chi connectivity index (χ0v) is 12.4. The number of aromatic nitrogens is 2. The SMILES string of the molecule is CC(C)(NS(=O)(=O)c1cnn(CCC(=O)O)c1)C1CC1. The van der Waals surface area contributed by atoms with Crippen LogP contribution in [0.15, 0.2) is 17.3 Å². The molecule has 8 heteroatoms. The highest BCUT2D eigenvalue weighted by Crippen LogP contribution is 2.39. The Hall–Kier alpha value is -1.41. The highest BCUT2D eigenvalue weighted by atomic mass is 32.2. The molecule has 112 valence electrons. The van der Waals surface area contributed by atoms with Gasteiger partial charge in [0.1, 0.15) is 4.90 Å². The lowest BCUT2D eigenvalue weighted by Gasteiger charge is -2.25. The van der Waals surface area contributed by atoms with E-state index in [1.807, 2.05) is 13.8 Å². The number of carboxylic acid groups (broad SMARTS) is 1. The summed E-state index contributed by atoms with van der Waals surface area (Å²) in [4.78, 5) is 10.5. The largest absolute Gasteiger partial charge is 0.481 e. The lowest BCUT2D eigenvalue weighted by molar-refractivity contribution is -0.137. The molecule has 20 heavy (non-hydrogen) atoms. The number of hydrogen-bond acceptors (Lipinski definition) is 4. The minimum absolute atomic E-state index is 0.0663. The number of nitrogens with one attached hydrogen (secondary N) is 1. The normalized spacial score (nSPS) is 16.3. The van der Waals surface area contributed by atoms with Crippen molar-refractivity contribution in [3.05, 3.63) is 12.4 Å². The first-order valence-corrected chi connectivity index (χ1v) is 7.97. The smallest absolute Gasteiger partial charge is 0.305 e. The Labute approximate surface area is 118 Å². The zero-order valence-electron chi connectivity index (χ0n) is 11.5. The van der Waals surface area contributed by atoms with Crippen molar-refractivity contribution in [3.8, 4) is 0 Å². The maximum atomic E-state index is 12.3. The van der Waals surface area contributed by atoms with E-state index in [1.54, 1.807) is 0 Å². The Morgan fingerprint density at radius 1 is 1.55 bits per heavy atom. The summed E-state index contributed by atoms with van der Waals surface area (Å²) in [6.07, 6.45) is 4.57. The first-order valence-electron chi connectivity index (χ1n) is 6.49. The summed E-state index contributed by atoms with van der Waals surface area (Å²) in [6.45, 7) is 3.89. The molecule has 0 saturated heterocycles. The molecule has 2 N–H and O–H groups in total. The molecule has 1 saturated carbocycles. The van der Waals surface area contributed by atoms with Gasteiger partial charge in [-0.05, 0) is 32.6 Å². The Bertz CT molecular complexity index is 602. The third kappa shape index (κ3) is 3.57. The third-order valence-corrected chi connectivity index (χ3v) is 5.10. The summed E-state index contributed by atoms with van der Waals surface area (Å²) < 4.78 is 28.5. The summed E-state index contributed by atoms with van der Waals surface area (Å²) in [5.41, 5.74) is -0.470. The van der Waals surface area contributed by atoms with Gasteiger partial charge < -0.3 is 5.11 Å². The van der Waals surface area contributed by atoms with Gasteiger partial charge in [0.05, 0.1) is 19.2 Å². The van der Waals surface area contributed by atoms with Crippen LogP contribution < -0.4 is 4.72 Å². The van der Waals surface area contributed by atoms with Gasteiger partial charge >= 0.3 is 5.97 Å². The van der Waals surface area contributed by atoms with E-state index in [2.05, 4.69) is 9.82 Å². The number of sulfonamides is 1. The molecule has 0 atom stereocenters. The van der Waals surface area contributed by atoms with Crippen LogP contribution in [0.2, 0.25) is 0 Å². The molecule has 0 bridgehead atoms. The molecule has 1 fully saturated rings. The molecular formula is C12H19N3O4S. The molecule has 1 aromatic rings. The number of carbonyl (C=O) groups is 1. The van der Waals surface area contributed by atoms with Crippen LogP contribution in [0.4, 0.5) is 0 Å². The van der Waals surface area contributed by atoms with Gasteiger partial charge in [0.2, 0.25) is 10.0 Å². The average molecular weight is 301 g/mol. The van der Waals surface area contributed by atoms with Gasteiger partial charge in [0.25, 0.3) is 0 Å². The van der Waals surface area contributed by atoms with Crippen LogP contribution in [0, 0.1) is 5.92 Å². The fraction of sp³-hybridized carbons (Fsp3) is 0.667. The van der Waals surface area contributed by atoms with E-state index < -0.39 is 21.5 Å². The van der Waals surface area contributed by atoms with E-state index in [4.69, 9.17) is 5.11 Å². The van der Waals surface area contributed by atoms with Crippen molar-refractivity contribution >= 4 is 16.0 Å². The first-order chi connectivity index (χ1) is 9.21. The molecule has 0 aliphatic heterocycles. The quantitative estimate of drug-likeness (QED) is 0.776. The number of carboxylic acids is 1. The topological polar surface area (TPSA) is 101 Å².